The van der Waals surface area contributed by atoms with Crippen LogP contribution in [-0.2, 0) is 4.79 Å². The fraction of sp³-hybridized carbons (Fsp3) is 0.0800. The van der Waals surface area contributed by atoms with Crippen LogP contribution in [-0.4, -0.2) is 65.5 Å². The number of aromatic carboxylic acids is 1. The van der Waals surface area contributed by atoms with E-state index < -0.39 is 24.0 Å². The first-order chi connectivity index (χ1) is 16.8. The molecule has 2 atom stereocenters. The number of aromatic amines is 2. The third kappa shape index (κ3) is 4.07. The molecule has 3 aromatic heterocycles. The van der Waals surface area contributed by atoms with E-state index in [4.69, 9.17) is 0 Å². The van der Waals surface area contributed by atoms with Crippen LogP contribution in [0.15, 0.2) is 36.4 Å². The van der Waals surface area contributed by atoms with Crippen molar-refractivity contribution in [2.45, 2.75) is 12.2 Å². The van der Waals surface area contributed by atoms with Crippen molar-refractivity contribution in [2.75, 3.05) is 0 Å². The minimum absolute atomic E-state index is 0.0495. The van der Waals surface area contributed by atoms with Crippen LogP contribution in [0.4, 0.5) is 0 Å². The zero-order valence-corrected chi connectivity index (χ0v) is 17.9. The van der Waals surface area contributed by atoms with Crippen LogP contribution in [0.1, 0.15) is 43.5 Å². The Balaban J connectivity index is 1.90. The molecular weight excluding hydrogens is 452 g/mol. The Morgan fingerprint density at radius 2 is 1.34 bits per heavy atom. The third-order valence-electron chi connectivity index (χ3n) is 5.55. The molecule has 3 aromatic rings. The number of H-pyrrole nitrogens is 2. The van der Waals surface area contributed by atoms with Gasteiger partial charge in [-0.05, 0) is 60.7 Å². The first-order valence-corrected chi connectivity index (χ1v) is 10.5. The van der Waals surface area contributed by atoms with Gasteiger partial charge in [0.2, 0.25) is 6.29 Å². The molecule has 173 valence electrons. The summed E-state index contributed by atoms with van der Waals surface area (Å²) in [7, 11) is 0. The van der Waals surface area contributed by atoms with Crippen molar-refractivity contribution in [3.05, 3.63) is 70.3 Å². The lowest BCUT2D eigenvalue weighted by Gasteiger charge is -2.11. The van der Waals surface area contributed by atoms with E-state index in [0.717, 1.165) is 0 Å². The molecule has 35 heavy (non-hydrogen) atoms. The second-order valence-corrected chi connectivity index (χ2v) is 7.88. The van der Waals surface area contributed by atoms with Gasteiger partial charge in [0.1, 0.15) is 5.56 Å². The summed E-state index contributed by atoms with van der Waals surface area (Å²) in [5.74, 6) is -2.23. The number of carbonyl (C=O) groups is 2. The number of nitrogens with zero attached hydrogens (tertiary/aromatic N) is 2. The van der Waals surface area contributed by atoms with E-state index in [1.54, 1.807) is 48.6 Å². The molecule has 5 heterocycles. The molecule has 10 heteroatoms. The van der Waals surface area contributed by atoms with E-state index in [0.29, 0.717) is 27.9 Å². The van der Waals surface area contributed by atoms with Crippen molar-refractivity contribution in [1.29, 1.82) is 0 Å². The molecule has 5 N–H and O–H groups in total. The monoisotopic (exact) mass is 469 g/mol. The van der Waals surface area contributed by atoms with Crippen molar-refractivity contribution in [1.82, 2.24) is 19.9 Å². The maximum absolute atomic E-state index is 13.1. The molecule has 0 aliphatic carbocycles. The fourth-order valence-electron chi connectivity index (χ4n) is 3.91. The summed E-state index contributed by atoms with van der Waals surface area (Å²) in [5, 5.41) is 29.8. The van der Waals surface area contributed by atoms with E-state index in [1.807, 2.05) is 0 Å². The minimum Gasteiger partial charge on any atom is -0.478 e. The SMILES string of the molecule is O=[C][C@@H](O)[C@@H](O)C(=O)c1c2nc(c(C(=O)O)c3ccc(cc4nc(cc5ccc1[nH]5)C=C4)[nH]3)C=C2. The van der Waals surface area contributed by atoms with Gasteiger partial charge in [0, 0.05) is 11.0 Å². The minimum atomic E-state index is -2.09. The molecule has 0 aromatic carbocycles. The maximum atomic E-state index is 13.1. The van der Waals surface area contributed by atoms with Gasteiger partial charge in [0.25, 0.3) is 0 Å². The Kier molecular flexibility index (Phi) is 5.44. The van der Waals surface area contributed by atoms with Gasteiger partial charge in [-0.2, -0.15) is 0 Å². The van der Waals surface area contributed by atoms with Crippen LogP contribution < -0.4 is 0 Å². The van der Waals surface area contributed by atoms with Gasteiger partial charge in [-0.25, -0.2) is 14.8 Å². The van der Waals surface area contributed by atoms with Crippen LogP contribution in [0.3, 0.4) is 0 Å². The number of ketones is 1. The summed E-state index contributed by atoms with van der Waals surface area (Å²) in [6.45, 7) is 0. The summed E-state index contributed by atoms with van der Waals surface area (Å²) in [4.78, 5) is 51.1. The molecule has 0 saturated heterocycles. The Hall–Kier alpha value is -4.67. The summed E-state index contributed by atoms with van der Waals surface area (Å²) in [6, 6.07) is 10.1. The number of Topliss-reactive ketones (excluding diaryl/α,β-unsaturated/α-hetero) is 1. The highest BCUT2D eigenvalue weighted by atomic mass is 16.4. The van der Waals surface area contributed by atoms with Gasteiger partial charge in [-0.15, -0.1) is 0 Å². The number of nitrogens with one attached hydrogen (secondary N) is 2. The predicted molar refractivity (Wildman–Crippen MR) is 128 cm³/mol. The zero-order chi connectivity index (χ0) is 24.7. The molecule has 0 fully saturated rings. The molecule has 8 bridgehead atoms. The average Bonchev–Trinajstić information content (AvgIpc) is 3.63. The number of hydrogen-bond donors (Lipinski definition) is 5. The van der Waals surface area contributed by atoms with Crippen LogP contribution >= 0.6 is 0 Å². The van der Waals surface area contributed by atoms with Crippen LogP contribution in [0.2, 0.25) is 0 Å². The normalized spacial score (nSPS) is 14.0. The highest BCUT2D eigenvalue weighted by molar-refractivity contribution is 6.10. The lowest BCUT2D eigenvalue weighted by Crippen LogP contribution is -2.35. The predicted octanol–water partition coefficient (Wildman–Crippen LogP) is 2.37. The van der Waals surface area contributed by atoms with Crippen molar-refractivity contribution >= 4 is 64.4 Å². The molecule has 0 amide bonds. The lowest BCUT2D eigenvalue weighted by molar-refractivity contribution is 0.0440. The number of aliphatic hydroxyl groups is 2. The number of carboxylic acid groups (broad SMARTS) is 1. The summed E-state index contributed by atoms with van der Waals surface area (Å²) in [6.07, 6.45) is 3.50. The van der Waals surface area contributed by atoms with Crippen molar-refractivity contribution in [2.24, 2.45) is 0 Å². The van der Waals surface area contributed by atoms with Crippen LogP contribution in [0.5, 0.6) is 0 Å². The molecule has 10 nitrogen and oxygen atoms in total. The van der Waals surface area contributed by atoms with Gasteiger partial charge in [0.05, 0.1) is 39.4 Å². The Bertz CT molecular complexity index is 1610. The molecule has 2 aliphatic heterocycles. The highest BCUT2D eigenvalue weighted by Crippen LogP contribution is 2.25. The van der Waals surface area contributed by atoms with Crippen molar-refractivity contribution in [3.8, 4) is 0 Å². The summed E-state index contributed by atoms with van der Waals surface area (Å²) in [5.41, 5.74) is 2.90. The smallest absolute Gasteiger partial charge is 0.340 e. The number of rotatable bonds is 5. The number of fused-ring (bicyclic) bond motifs is 8. The zero-order valence-electron chi connectivity index (χ0n) is 17.9. The second kappa shape index (κ2) is 8.60. The Morgan fingerprint density at radius 1 is 0.800 bits per heavy atom. The molecule has 0 saturated carbocycles. The van der Waals surface area contributed by atoms with Gasteiger partial charge in [-0.1, -0.05) is 0 Å². The topological polar surface area (TPSA) is 169 Å². The fourth-order valence-corrected chi connectivity index (χ4v) is 3.91. The van der Waals surface area contributed by atoms with Crippen LogP contribution in [0, 0.1) is 0 Å². The van der Waals surface area contributed by atoms with Gasteiger partial charge >= 0.3 is 5.97 Å². The van der Waals surface area contributed by atoms with Crippen LogP contribution in [0.25, 0.3) is 46.4 Å². The molecule has 2 aliphatic rings. The quantitative estimate of drug-likeness (QED) is 0.244. The first kappa shape index (κ1) is 22.1. The van der Waals surface area contributed by atoms with E-state index in [9.17, 15) is 29.7 Å². The van der Waals surface area contributed by atoms with E-state index in [2.05, 4.69) is 19.9 Å². The highest BCUT2D eigenvalue weighted by Gasteiger charge is 2.29. The van der Waals surface area contributed by atoms with E-state index in [1.165, 1.54) is 18.4 Å². The third-order valence-corrected chi connectivity index (χ3v) is 5.55. The van der Waals surface area contributed by atoms with E-state index in [-0.39, 0.29) is 28.0 Å². The summed E-state index contributed by atoms with van der Waals surface area (Å²) < 4.78 is 0. The summed E-state index contributed by atoms with van der Waals surface area (Å²) >= 11 is 0. The standard InChI is InChI=1S/C25H17N4O6/c30-11-20(31)23(32)24(33)21-16-5-3-14(27-16)9-12-1-2-13(26-12)10-15-4-6-18(28-15)22(25(34)35)19-8-7-17(21)29-19/h1-10,20,23,27-28,31-32H,(H,34,35)/t20-,23-/m1/s1. The van der Waals surface area contributed by atoms with Gasteiger partial charge < -0.3 is 25.3 Å². The maximum Gasteiger partial charge on any atom is 0.340 e. The largest absolute Gasteiger partial charge is 0.478 e. The molecule has 5 rings (SSSR count). The number of aliphatic hydroxyl groups excluding tert-OH is 2. The molecule has 0 unspecified atom stereocenters. The van der Waals surface area contributed by atoms with Gasteiger partial charge in [0.15, 0.2) is 18.0 Å². The van der Waals surface area contributed by atoms with Gasteiger partial charge in [-0.3, -0.25) is 9.59 Å². The van der Waals surface area contributed by atoms with Crippen molar-refractivity contribution < 1.29 is 29.7 Å². The second-order valence-electron chi connectivity index (χ2n) is 7.88. The number of hydrogen-bond acceptors (Lipinski definition) is 7. The molecule has 1 radical (unpaired) electrons. The van der Waals surface area contributed by atoms with E-state index >= 15 is 0 Å². The number of carboxylic acids is 1. The Labute approximate surface area is 196 Å². The lowest BCUT2D eigenvalue weighted by atomic mass is 10.0. The Morgan fingerprint density at radius 3 is 1.89 bits per heavy atom. The average molecular weight is 469 g/mol. The number of carbonyl (C=O) groups excluding carboxylic acids is 2. The molecule has 0 spiro atoms. The van der Waals surface area contributed by atoms with Crippen molar-refractivity contribution in [3.63, 3.8) is 0 Å². The molecular formula is C25H17N4O6. The first-order valence-electron chi connectivity index (χ1n) is 10.5. The number of aromatic nitrogens is 4.